The van der Waals surface area contributed by atoms with Gasteiger partial charge in [-0.25, -0.2) is 8.78 Å². The maximum absolute atomic E-state index is 13.5. The van der Waals surface area contributed by atoms with Crippen molar-refractivity contribution in [1.29, 1.82) is 0 Å². The van der Waals surface area contributed by atoms with Gasteiger partial charge in [-0.1, -0.05) is 19.4 Å². The molecule has 1 aromatic rings. The second kappa shape index (κ2) is 7.50. The highest BCUT2D eigenvalue weighted by Crippen LogP contribution is 2.18. The van der Waals surface area contributed by atoms with Crippen molar-refractivity contribution >= 4 is 5.91 Å². The molecule has 0 radical (unpaired) electrons. The summed E-state index contributed by atoms with van der Waals surface area (Å²) in [6.07, 6.45) is 4.70. The number of amides is 1. The molecule has 0 bridgehead atoms. The molecule has 116 valence electrons. The second-order valence-electron chi connectivity index (χ2n) is 5.45. The van der Waals surface area contributed by atoms with E-state index in [1.165, 1.54) is 25.3 Å². The van der Waals surface area contributed by atoms with Gasteiger partial charge in [0.15, 0.2) is 0 Å². The molecular weight excluding hydrogens is 274 g/mol. The number of hydrogen-bond acceptors (Lipinski definition) is 2. The number of likely N-dealkylation sites (tertiary alicyclic amines) is 1. The SMILES string of the molecule is CCC1CCCCN1CCNC(=O)c1c(F)cccc1F. The van der Waals surface area contributed by atoms with E-state index in [1.54, 1.807) is 0 Å². The Hall–Kier alpha value is -1.49. The average molecular weight is 296 g/mol. The van der Waals surface area contributed by atoms with Crippen molar-refractivity contribution in [1.82, 2.24) is 10.2 Å². The molecule has 1 atom stereocenters. The molecular formula is C16H22F2N2O. The molecule has 0 spiro atoms. The van der Waals surface area contributed by atoms with Crippen molar-refractivity contribution in [3.63, 3.8) is 0 Å². The Bertz CT molecular complexity index is 473. The van der Waals surface area contributed by atoms with Crippen LogP contribution in [0, 0.1) is 11.6 Å². The van der Waals surface area contributed by atoms with Gasteiger partial charge in [-0.3, -0.25) is 9.69 Å². The minimum atomic E-state index is -0.822. The lowest BCUT2D eigenvalue weighted by Gasteiger charge is -2.35. The van der Waals surface area contributed by atoms with E-state index in [9.17, 15) is 13.6 Å². The minimum absolute atomic E-state index is 0.406. The fourth-order valence-corrected chi connectivity index (χ4v) is 2.93. The summed E-state index contributed by atoms with van der Waals surface area (Å²) in [7, 11) is 0. The fourth-order valence-electron chi connectivity index (χ4n) is 2.93. The Morgan fingerprint density at radius 2 is 2.05 bits per heavy atom. The summed E-state index contributed by atoms with van der Waals surface area (Å²) in [5, 5.41) is 2.61. The number of rotatable bonds is 5. The van der Waals surface area contributed by atoms with E-state index in [2.05, 4.69) is 17.1 Å². The van der Waals surface area contributed by atoms with Crippen LogP contribution in [0.25, 0.3) is 0 Å². The standard InChI is InChI=1S/C16H22F2N2O/c1-2-12-6-3-4-10-20(12)11-9-19-16(21)15-13(17)7-5-8-14(15)18/h5,7-8,12H,2-4,6,9-11H2,1H3,(H,19,21). The number of nitrogens with one attached hydrogen (secondary N) is 1. The second-order valence-corrected chi connectivity index (χ2v) is 5.45. The molecule has 1 aliphatic rings. The molecule has 2 rings (SSSR count). The van der Waals surface area contributed by atoms with Crippen LogP contribution in [-0.4, -0.2) is 36.5 Å². The van der Waals surface area contributed by atoms with Crippen molar-refractivity contribution in [3.8, 4) is 0 Å². The van der Waals surface area contributed by atoms with Crippen molar-refractivity contribution in [2.24, 2.45) is 0 Å². The van der Waals surface area contributed by atoms with E-state index < -0.39 is 23.1 Å². The smallest absolute Gasteiger partial charge is 0.257 e. The first-order chi connectivity index (χ1) is 10.1. The van der Waals surface area contributed by atoms with Gasteiger partial charge in [0.05, 0.1) is 0 Å². The molecule has 5 heteroatoms. The largest absolute Gasteiger partial charge is 0.351 e. The van der Waals surface area contributed by atoms with Gasteiger partial charge >= 0.3 is 0 Å². The summed E-state index contributed by atoms with van der Waals surface area (Å²) in [6.45, 7) is 4.32. The number of benzene rings is 1. The summed E-state index contributed by atoms with van der Waals surface area (Å²) in [6, 6.07) is 3.99. The van der Waals surface area contributed by atoms with Gasteiger partial charge < -0.3 is 5.32 Å². The predicted octanol–water partition coefficient (Wildman–Crippen LogP) is 2.96. The van der Waals surface area contributed by atoms with Gasteiger partial charge in [-0.05, 0) is 37.9 Å². The van der Waals surface area contributed by atoms with E-state index in [0.717, 1.165) is 31.6 Å². The molecule has 0 aromatic heterocycles. The van der Waals surface area contributed by atoms with E-state index >= 15 is 0 Å². The molecule has 1 aliphatic heterocycles. The Labute approximate surface area is 124 Å². The number of carbonyl (C=O) groups excluding carboxylic acids is 1. The van der Waals surface area contributed by atoms with Gasteiger partial charge in [0.2, 0.25) is 0 Å². The van der Waals surface area contributed by atoms with Gasteiger partial charge in [0, 0.05) is 19.1 Å². The van der Waals surface area contributed by atoms with Crippen LogP contribution < -0.4 is 5.32 Å². The van der Waals surface area contributed by atoms with Gasteiger partial charge in [0.1, 0.15) is 17.2 Å². The lowest BCUT2D eigenvalue weighted by Crippen LogP contribution is -2.43. The summed E-state index contributed by atoms with van der Waals surface area (Å²) in [5.41, 5.74) is -0.497. The van der Waals surface area contributed by atoms with Gasteiger partial charge in [-0.2, -0.15) is 0 Å². The lowest BCUT2D eigenvalue weighted by molar-refractivity contribution is 0.0926. The maximum Gasteiger partial charge on any atom is 0.257 e. The Morgan fingerprint density at radius 3 is 2.71 bits per heavy atom. The highest BCUT2D eigenvalue weighted by molar-refractivity contribution is 5.94. The third-order valence-corrected chi connectivity index (χ3v) is 4.09. The molecule has 0 saturated carbocycles. The van der Waals surface area contributed by atoms with Crippen LogP contribution in [0.5, 0.6) is 0 Å². The minimum Gasteiger partial charge on any atom is -0.351 e. The summed E-state index contributed by atoms with van der Waals surface area (Å²) < 4.78 is 27.0. The molecule has 1 unspecified atom stereocenters. The van der Waals surface area contributed by atoms with E-state index in [0.29, 0.717) is 12.6 Å². The van der Waals surface area contributed by atoms with Crippen LogP contribution in [0.15, 0.2) is 18.2 Å². The Balaban J connectivity index is 1.87. The summed E-state index contributed by atoms with van der Waals surface area (Å²) in [5.74, 6) is -2.33. The highest BCUT2D eigenvalue weighted by Gasteiger charge is 2.21. The molecule has 1 heterocycles. The zero-order chi connectivity index (χ0) is 15.2. The first kappa shape index (κ1) is 15.9. The number of carbonyl (C=O) groups is 1. The zero-order valence-electron chi connectivity index (χ0n) is 12.4. The maximum atomic E-state index is 13.5. The van der Waals surface area contributed by atoms with E-state index in [4.69, 9.17) is 0 Å². The van der Waals surface area contributed by atoms with Crippen LogP contribution in [0.3, 0.4) is 0 Å². The lowest BCUT2D eigenvalue weighted by atomic mass is 10.0. The van der Waals surface area contributed by atoms with Crippen molar-refractivity contribution in [3.05, 3.63) is 35.4 Å². The van der Waals surface area contributed by atoms with Gasteiger partial charge in [-0.15, -0.1) is 0 Å². The molecule has 1 amide bonds. The average Bonchev–Trinajstić information content (AvgIpc) is 2.47. The third-order valence-electron chi connectivity index (χ3n) is 4.09. The highest BCUT2D eigenvalue weighted by atomic mass is 19.1. The fraction of sp³-hybridized carbons (Fsp3) is 0.562. The summed E-state index contributed by atoms with van der Waals surface area (Å²) >= 11 is 0. The van der Waals surface area contributed by atoms with Crippen LogP contribution in [0.2, 0.25) is 0 Å². The molecule has 1 saturated heterocycles. The van der Waals surface area contributed by atoms with Crippen molar-refractivity contribution < 1.29 is 13.6 Å². The molecule has 0 aliphatic carbocycles. The zero-order valence-corrected chi connectivity index (χ0v) is 12.4. The van der Waals surface area contributed by atoms with Crippen molar-refractivity contribution in [2.45, 2.75) is 38.6 Å². The van der Waals surface area contributed by atoms with Crippen LogP contribution in [-0.2, 0) is 0 Å². The monoisotopic (exact) mass is 296 g/mol. The number of hydrogen-bond donors (Lipinski definition) is 1. The molecule has 1 aromatic carbocycles. The van der Waals surface area contributed by atoms with Crippen LogP contribution in [0.1, 0.15) is 43.0 Å². The number of nitrogens with zero attached hydrogens (tertiary/aromatic N) is 1. The Morgan fingerprint density at radius 1 is 1.33 bits per heavy atom. The first-order valence-electron chi connectivity index (χ1n) is 7.59. The molecule has 21 heavy (non-hydrogen) atoms. The normalized spacial score (nSPS) is 19.5. The quantitative estimate of drug-likeness (QED) is 0.906. The van der Waals surface area contributed by atoms with Crippen LogP contribution >= 0.6 is 0 Å². The molecule has 1 N–H and O–H groups in total. The van der Waals surface area contributed by atoms with Crippen LogP contribution in [0.4, 0.5) is 8.78 Å². The van der Waals surface area contributed by atoms with Gasteiger partial charge in [0.25, 0.3) is 5.91 Å². The summed E-state index contributed by atoms with van der Waals surface area (Å²) in [4.78, 5) is 14.2. The molecule has 3 nitrogen and oxygen atoms in total. The van der Waals surface area contributed by atoms with Crippen molar-refractivity contribution in [2.75, 3.05) is 19.6 Å². The topological polar surface area (TPSA) is 32.3 Å². The first-order valence-corrected chi connectivity index (χ1v) is 7.59. The van der Waals surface area contributed by atoms with E-state index in [1.807, 2.05) is 0 Å². The Kier molecular flexibility index (Phi) is 5.67. The molecule has 1 fully saturated rings. The van der Waals surface area contributed by atoms with E-state index in [-0.39, 0.29) is 0 Å². The number of piperidine rings is 1. The third kappa shape index (κ3) is 4.00. The predicted molar refractivity (Wildman–Crippen MR) is 78.2 cm³/mol. The number of halogens is 2.